The fourth-order valence-electron chi connectivity index (χ4n) is 2.41. The predicted molar refractivity (Wildman–Crippen MR) is 99.1 cm³/mol. The van der Waals surface area contributed by atoms with Gasteiger partial charge in [-0.2, -0.15) is 0 Å². The fraction of sp³-hybridized carbons (Fsp3) is 0.263. The largest absolute Gasteiger partial charge is 0.481 e. The van der Waals surface area contributed by atoms with Gasteiger partial charge in [0.2, 0.25) is 0 Å². The Bertz CT molecular complexity index is 919. The quantitative estimate of drug-likeness (QED) is 0.774. The maximum absolute atomic E-state index is 12.6. The summed E-state index contributed by atoms with van der Waals surface area (Å²) in [5.74, 6) is -1.42. The van der Waals surface area contributed by atoms with Crippen molar-refractivity contribution in [3.63, 3.8) is 0 Å². The number of amides is 1. The lowest BCUT2D eigenvalue weighted by Gasteiger charge is -2.13. The van der Waals surface area contributed by atoms with E-state index in [2.05, 4.69) is 5.32 Å². The van der Waals surface area contributed by atoms with Crippen molar-refractivity contribution in [2.75, 3.05) is 5.32 Å². The molecule has 0 radical (unpaired) electrons. The number of sulfone groups is 1. The Morgan fingerprint density at radius 1 is 1.08 bits per heavy atom. The maximum Gasteiger partial charge on any atom is 0.303 e. The number of hydrogen-bond acceptors (Lipinski definition) is 4. The van der Waals surface area contributed by atoms with E-state index in [0.717, 1.165) is 5.56 Å². The molecule has 0 bridgehead atoms. The molecular weight excluding hydrogens is 354 g/mol. The van der Waals surface area contributed by atoms with Gasteiger partial charge in [-0.1, -0.05) is 24.3 Å². The van der Waals surface area contributed by atoms with E-state index in [0.29, 0.717) is 12.1 Å². The summed E-state index contributed by atoms with van der Waals surface area (Å²) >= 11 is 0. The molecule has 0 saturated heterocycles. The molecule has 0 spiro atoms. The van der Waals surface area contributed by atoms with Crippen molar-refractivity contribution in [1.29, 1.82) is 0 Å². The minimum Gasteiger partial charge on any atom is -0.481 e. The third kappa shape index (κ3) is 4.70. The molecule has 0 fully saturated rings. The zero-order chi connectivity index (χ0) is 19.3. The smallest absolute Gasteiger partial charge is 0.303 e. The molecule has 0 unspecified atom stereocenters. The molecule has 2 N–H and O–H groups in total. The van der Waals surface area contributed by atoms with Gasteiger partial charge in [-0.25, -0.2) is 8.42 Å². The molecule has 138 valence electrons. The second kappa shape index (κ2) is 8.14. The number of carboxylic acids is 1. The highest BCUT2D eigenvalue weighted by atomic mass is 32.2. The minimum absolute atomic E-state index is 0.00506. The number of anilines is 1. The van der Waals surface area contributed by atoms with E-state index in [1.165, 1.54) is 12.1 Å². The summed E-state index contributed by atoms with van der Waals surface area (Å²) < 4.78 is 25.0. The Labute approximate surface area is 152 Å². The first-order valence-corrected chi connectivity index (χ1v) is 9.71. The highest BCUT2D eigenvalue weighted by molar-refractivity contribution is 7.92. The van der Waals surface area contributed by atoms with E-state index in [4.69, 9.17) is 5.11 Å². The van der Waals surface area contributed by atoms with Crippen LogP contribution in [-0.2, 0) is 21.1 Å². The van der Waals surface area contributed by atoms with Gasteiger partial charge in [0.15, 0.2) is 9.84 Å². The topological polar surface area (TPSA) is 101 Å². The average Bonchev–Trinajstić information content (AvgIpc) is 2.60. The Hall–Kier alpha value is -2.67. The van der Waals surface area contributed by atoms with Crippen molar-refractivity contribution in [1.82, 2.24) is 0 Å². The summed E-state index contributed by atoms with van der Waals surface area (Å²) in [4.78, 5) is 23.3. The predicted octanol–water partition coefficient (Wildman–Crippen LogP) is 3.14. The first kappa shape index (κ1) is 19.7. The van der Waals surface area contributed by atoms with E-state index < -0.39 is 27.0 Å². The molecule has 1 amide bonds. The number of rotatable bonds is 7. The molecular formula is C19H21NO5S. The average molecular weight is 375 g/mol. The standard InChI is InChI=1S/C19H21NO5S/c1-13(2)26(24,25)17-9-4-3-8-16(17)19(23)20-15-7-5-6-14(12-15)10-11-18(21)22/h3-9,12-13H,10-11H2,1-2H3,(H,20,23)(H,21,22). The number of carboxylic acid groups (broad SMARTS) is 1. The Balaban J connectivity index is 2.27. The van der Waals surface area contributed by atoms with Crippen LogP contribution in [0.15, 0.2) is 53.4 Å². The van der Waals surface area contributed by atoms with Crippen molar-refractivity contribution >= 4 is 27.4 Å². The van der Waals surface area contributed by atoms with Crippen LogP contribution >= 0.6 is 0 Å². The number of carbonyl (C=O) groups excluding carboxylic acids is 1. The summed E-state index contributed by atoms with van der Waals surface area (Å²) in [7, 11) is -3.60. The van der Waals surface area contributed by atoms with E-state index >= 15 is 0 Å². The molecule has 0 heterocycles. The van der Waals surface area contributed by atoms with Crippen LogP contribution in [0.1, 0.15) is 36.2 Å². The van der Waals surface area contributed by atoms with Gasteiger partial charge >= 0.3 is 5.97 Å². The lowest BCUT2D eigenvalue weighted by atomic mass is 10.1. The van der Waals surface area contributed by atoms with Gasteiger partial charge in [0.05, 0.1) is 15.7 Å². The molecule has 0 saturated carbocycles. The first-order valence-electron chi connectivity index (χ1n) is 8.17. The number of aliphatic carboxylic acids is 1. The zero-order valence-corrected chi connectivity index (χ0v) is 15.4. The monoisotopic (exact) mass is 375 g/mol. The second-order valence-corrected chi connectivity index (χ2v) is 8.61. The van der Waals surface area contributed by atoms with Gasteiger partial charge in [0.1, 0.15) is 0 Å². The number of aryl methyl sites for hydroxylation is 1. The molecule has 6 nitrogen and oxygen atoms in total. The number of benzene rings is 2. The van der Waals surface area contributed by atoms with Crippen molar-refractivity contribution < 1.29 is 23.1 Å². The SMILES string of the molecule is CC(C)S(=O)(=O)c1ccccc1C(=O)Nc1cccc(CCC(=O)O)c1. The van der Waals surface area contributed by atoms with Crippen LogP contribution in [0.5, 0.6) is 0 Å². The van der Waals surface area contributed by atoms with Crippen LogP contribution in [0.25, 0.3) is 0 Å². The molecule has 7 heteroatoms. The van der Waals surface area contributed by atoms with Crippen LogP contribution in [0, 0.1) is 0 Å². The number of nitrogens with one attached hydrogen (secondary N) is 1. The van der Waals surface area contributed by atoms with Crippen LogP contribution < -0.4 is 5.32 Å². The van der Waals surface area contributed by atoms with Crippen LogP contribution in [0.2, 0.25) is 0 Å². The third-order valence-electron chi connectivity index (χ3n) is 3.87. The van der Waals surface area contributed by atoms with E-state index in [1.807, 2.05) is 0 Å². The van der Waals surface area contributed by atoms with Crippen molar-refractivity contribution in [3.8, 4) is 0 Å². The van der Waals surface area contributed by atoms with Crippen molar-refractivity contribution in [3.05, 3.63) is 59.7 Å². The highest BCUT2D eigenvalue weighted by Crippen LogP contribution is 2.22. The summed E-state index contributed by atoms with van der Waals surface area (Å²) in [6.07, 6.45) is 0.338. The van der Waals surface area contributed by atoms with Crippen LogP contribution in [0.3, 0.4) is 0 Å². The first-order chi connectivity index (χ1) is 12.2. The number of hydrogen-bond donors (Lipinski definition) is 2. The minimum atomic E-state index is -3.60. The molecule has 26 heavy (non-hydrogen) atoms. The molecule has 2 aromatic rings. The molecule has 0 aliphatic rings. The van der Waals surface area contributed by atoms with Gasteiger partial charge in [-0.05, 0) is 50.1 Å². The van der Waals surface area contributed by atoms with Gasteiger partial charge < -0.3 is 10.4 Å². The molecule has 2 aromatic carbocycles. The van der Waals surface area contributed by atoms with Crippen LogP contribution in [0.4, 0.5) is 5.69 Å². The summed E-state index contributed by atoms with van der Waals surface area (Å²) in [5.41, 5.74) is 1.33. The molecule has 0 aromatic heterocycles. The fourth-order valence-corrected chi connectivity index (χ4v) is 3.65. The van der Waals surface area contributed by atoms with Gasteiger partial charge in [-0.15, -0.1) is 0 Å². The zero-order valence-electron chi connectivity index (χ0n) is 14.6. The molecule has 0 atom stereocenters. The molecule has 0 aliphatic carbocycles. The van der Waals surface area contributed by atoms with Crippen molar-refractivity contribution in [2.45, 2.75) is 36.8 Å². The van der Waals surface area contributed by atoms with E-state index in [1.54, 1.807) is 50.2 Å². The summed E-state index contributed by atoms with van der Waals surface area (Å²) in [6, 6.07) is 12.9. The second-order valence-electron chi connectivity index (χ2n) is 6.14. The lowest BCUT2D eigenvalue weighted by molar-refractivity contribution is -0.136. The Morgan fingerprint density at radius 2 is 1.77 bits per heavy atom. The number of carbonyl (C=O) groups is 2. The summed E-state index contributed by atoms with van der Waals surface area (Å²) in [6.45, 7) is 3.13. The third-order valence-corrected chi connectivity index (χ3v) is 6.08. The highest BCUT2D eigenvalue weighted by Gasteiger charge is 2.25. The van der Waals surface area contributed by atoms with E-state index in [9.17, 15) is 18.0 Å². The lowest BCUT2D eigenvalue weighted by Crippen LogP contribution is -2.20. The van der Waals surface area contributed by atoms with Crippen LogP contribution in [-0.4, -0.2) is 30.7 Å². The Morgan fingerprint density at radius 3 is 2.42 bits per heavy atom. The van der Waals surface area contributed by atoms with Gasteiger partial charge in [0.25, 0.3) is 5.91 Å². The summed E-state index contributed by atoms with van der Waals surface area (Å²) in [5, 5.41) is 10.8. The van der Waals surface area contributed by atoms with Crippen molar-refractivity contribution in [2.24, 2.45) is 0 Å². The normalized spacial score (nSPS) is 11.3. The molecule has 0 aliphatic heterocycles. The van der Waals surface area contributed by atoms with Gasteiger partial charge in [-0.3, -0.25) is 9.59 Å². The maximum atomic E-state index is 12.6. The molecule has 2 rings (SSSR count). The van der Waals surface area contributed by atoms with Gasteiger partial charge in [0, 0.05) is 12.1 Å². The Kier molecular flexibility index (Phi) is 6.15. The van der Waals surface area contributed by atoms with E-state index in [-0.39, 0.29) is 16.9 Å².